The lowest BCUT2D eigenvalue weighted by Gasteiger charge is -2.22. The van der Waals surface area contributed by atoms with Gasteiger partial charge in [-0.1, -0.05) is 12.8 Å². The van der Waals surface area contributed by atoms with Gasteiger partial charge in [0.15, 0.2) is 17.0 Å². The maximum Gasteiger partial charge on any atom is 0.167 e. The first-order chi connectivity index (χ1) is 10.7. The Balaban J connectivity index is 0.00000144. The lowest BCUT2D eigenvalue weighted by molar-refractivity contribution is -0.0185. The highest BCUT2D eigenvalue weighted by atomic mass is 35.5. The molecular weight excluding hydrogens is 351 g/mol. The van der Waals surface area contributed by atoms with Gasteiger partial charge in [-0.05, 0) is 18.8 Å². The number of hydrogen-bond acceptors (Lipinski definition) is 6. The lowest BCUT2D eigenvalue weighted by atomic mass is 10.0. The molecule has 136 valence electrons. The van der Waals surface area contributed by atoms with E-state index in [1.165, 1.54) is 25.7 Å². The van der Waals surface area contributed by atoms with Crippen molar-refractivity contribution in [3.63, 3.8) is 0 Å². The Morgan fingerprint density at radius 1 is 1.25 bits per heavy atom. The quantitative estimate of drug-likeness (QED) is 0.831. The summed E-state index contributed by atoms with van der Waals surface area (Å²) in [5.41, 5.74) is 7.47. The van der Waals surface area contributed by atoms with Crippen LogP contribution in [0.2, 0.25) is 0 Å². The van der Waals surface area contributed by atoms with Crippen molar-refractivity contribution in [1.82, 2.24) is 19.5 Å². The molecule has 1 aliphatic carbocycles. The van der Waals surface area contributed by atoms with E-state index >= 15 is 0 Å². The summed E-state index contributed by atoms with van der Waals surface area (Å²) in [6.07, 6.45) is 8.46. The number of anilines is 1. The number of fused-ring (bicyclic) bond motifs is 1. The Hall–Kier alpha value is -1.15. The molecule has 24 heavy (non-hydrogen) atoms. The fraction of sp³-hybridized carbons (Fsp3) is 0.667. The third-order valence-corrected chi connectivity index (χ3v) is 4.39. The fourth-order valence-electron chi connectivity index (χ4n) is 3.19. The molecule has 2 aromatic rings. The average Bonchev–Trinajstić information content (AvgIpc) is 3.17. The van der Waals surface area contributed by atoms with Gasteiger partial charge in [-0.15, -0.1) is 24.8 Å². The summed E-state index contributed by atoms with van der Waals surface area (Å²) < 4.78 is 7.97. The van der Waals surface area contributed by atoms with Crippen molar-refractivity contribution in [1.29, 1.82) is 0 Å². The van der Waals surface area contributed by atoms with Crippen LogP contribution in [0, 0.1) is 5.92 Å². The normalized spacial score (nSPS) is 15.8. The first kappa shape index (κ1) is 20.9. The van der Waals surface area contributed by atoms with Crippen LogP contribution in [-0.4, -0.2) is 46.3 Å². The number of imidazole rings is 1. The van der Waals surface area contributed by atoms with Crippen LogP contribution in [0.15, 0.2) is 12.7 Å². The molecule has 0 aliphatic heterocycles. The molecule has 2 heterocycles. The van der Waals surface area contributed by atoms with Gasteiger partial charge in [0.05, 0.1) is 12.4 Å². The van der Waals surface area contributed by atoms with Crippen molar-refractivity contribution in [3.8, 4) is 0 Å². The number of nitrogens with two attached hydrogens (primary N) is 1. The van der Waals surface area contributed by atoms with Gasteiger partial charge in [-0.2, -0.15) is 0 Å². The van der Waals surface area contributed by atoms with Crippen LogP contribution in [0.1, 0.15) is 25.7 Å². The van der Waals surface area contributed by atoms with Crippen molar-refractivity contribution in [2.24, 2.45) is 11.7 Å². The minimum atomic E-state index is 0. The van der Waals surface area contributed by atoms with Gasteiger partial charge in [0, 0.05) is 20.6 Å². The maximum absolute atomic E-state index is 6.05. The van der Waals surface area contributed by atoms with E-state index in [0.29, 0.717) is 19.2 Å². The number of nitrogens with zero attached hydrogens (tertiary/aromatic N) is 5. The number of rotatable bonds is 6. The molecule has 1 atom stereocenters. The third kappa shape index (κ3) is 4.27. The van der Waals surface area contributed by atoms with Crippen molar-refractivity contribution in [2.75, 3.05) is 25.5 Å². The Morgan fingerprint density at radius 2 is 1.96 bits per heavy atom. The molecule has 3 rings (SSSR count). The van der Waals surface area contributed by atoms with Crippen molar-refractivity contribution in [2.45, 2.75) is 38.5 Å². The molecule has 1 unspecified atom stereocenters. The molecule has 0 bridgehead atoms. The topological polar surface area (TPSA) is 82.1 Å². The van der Waals surface area contributed by atoms with Crippen LogP contribution >= 0.6 is 24.8 Å². The van der Waals surface area contributed by atoms with E-state index in [2.05, 4.69) is 15.0 Å². The van der Waals surface area contributed by atoms with Gasteiger partial charge in [-0.3, -0.25) is 4.57 Å². The van der Waals surface area contributed by atoms with Gasteiger partial charge in [-0.25, -0.2) is 15.0 Å². The molecule has 2 aromatic heterocycles. The summed E-state index contributed by atoms with van der Waals surface area (Å²) in [6, 6.07) is 0. The Bertz CT molecular complexity index is 629. The van der Waals surface area contributed by atoms with Crippen LogP contribution in [0.4, 0.5) is 5.82 Å². The summed E-state index contributed by atoms with van der Waals surface area (Å²) in [7, 11) is 3.89. The second-order valence-corrected chi connectivity index (χ2v) is 6.09. The second-order valence-electron chi connectivity index (χ2n) is 6.09. The van der Waals surface area contributed by atoms with Crippen molar-refractivity contribution >= 4 is 41.8 Å². The Morgan fingerprint density at radius 3 is 2.58 bits per heavy atom. The first-order valence-corrected chi connectivity index (χ1v) is 7.85. The minimum absolute atomic E-state index is 0. The van der Waals surface area contributed by atoms with Gasteiger partial charge < -0.3 is 15.4 Å². The van der Waals surface area contributed by atoms with Crippen LogP contribution in [0.25, 0.3) is 11.2 Å². The van der Waals surface area contributed by atoms with E-state index < -0.39 is 0 Å². The van der Waals surface area contributed by atoms with Gasteiger partial charge in [0.1, 0.15) is 13.1 Å². The fourth-order valence-corrected chi connectivity index (χ4v) is 3.19. The van der Waals surface area contributed by atoms with Crippen molar-refractivity contribution in [3.05, 3.63) is 12.7 Å². The largest absolute Gasteiger partial charge is 0.361 e. The van der Waals surface area contributed by atoms with E-state index in [1.54, 1.807) is 12.7 Å². The predicted octanol–water partition coefficient (Wildman–Crippen LogP) is 2.23. The molecule has 0 saturated heterocycles. The van der Waals surface area contributed by atoms with Crippen LogP contribution in [-0.2, 0) is 11.5 Å². The summed E-state index contributed by atoms with van der Waals surface area (Å²) in [5, 5.41) is 0. The zero-order valence-electron chi connectivity index (χ0n) is 14.1. The molecule has 0 amide bonds. The molecule has 0 aromatic carbocycles. The Kier molecular flexibility index (Phi) is 8.15. The van der Waals surface area contributed by atoms with E-state index in [4.69, 9.17) is 10.5 Å². The molecule has 1 aliphatic rings. The average molecular weight is 377 g/mol. The SMILES string of the molecule is CN(C)c1ncnc2c1ncn2COC(CN)C1CCCC1.Cl.Cl. The lowest BCUT2D eigenvalue weighted by Crippen LogP contribution is -2.31. The molecule has 1 saturated carbocycles. The van der Waals surface area contributed by atoms with Gasteiger partial charge in [0.2, 0.25) is 0 Å². The number of hydrogen-bond donors (Lipinski definition) is 1. The van der Waals surface area contributed by atoms with E-state index in [1.807, 2.05) is 23.6 Å². The zero-order chi connectivity index (χ0) is 15.5. The Labute approximate surface area is 154 Å². The first-order valence-electron chi connectivity index (χ1n) is 7.85. The molecule has 9 heteroatoms. The smallest absolute Gasteiger partial charge is 0.167 e. The maximum atomic E-state index is 6.05. The number of ether oxygens (including phenoxy) is 1. The predicted molar refractivity (Wildman–Crippen MR) is 100 cm³/mol. The molecule has 2 N–H and O–H groups in total. The zero-order valence-corrected chi connectivity index (χ0v) is 15.7. The third-order valence-electron chi connectivity index (χ3n) is 4.39. The molecular formula is C15H26Cl2N6O. The van der Waals surface area contributed by atoms with E-state index in [9.17, 15) is 0 Å². The standard InChI is InChI=1S/C15H24N6O.2ClH/c1-20(2)14-13-15(18-8-17-14)21(9-19-13)10-22-12(7-16)11-5-3-4-6-11;;/h8-9,11-12H,3-7,10,16H2,1-2H3;2*1H. The van der Waals surface area contributed by atoms with E-state index in [0.717, 1.165) is 17.0 Å². The van der Waals surface area contributed by atoms with Crippen LogP contribution in [0.3, 0.4) is 0 Å². The summed E-state index contributed by atoms with van der Waals surface area (Å²) in [5.74, 6) is 1.40. The van der Waals surface area contributed by atoms with Gasteiger partial charge in [0.25, 0.3) is 0 Å². The highest BCUT2D eigenvalue weighted by Crippen LogP contribution is 2.29. The monoisotopic (exact) mass is 376 g/mol. The van der Waals surface area contributed by atoms with Crippen molar-refractivity contribution < 1.29 is 4.74 Å². The highest BCUT2D eigenvalue weighted by molar-refractivity contribution is 5.85. The second kappa shape index (κ2) is 9.36. The van der Waals surface area contributed by atoms with Gasteiger partial charge >= 0.3 is 0 Å². The molecule has 7 nitrogen and oxygen atoms in total. The van der Waals surface area contributed by atoms with Crippen LogP contribution < -0.4 is 10.6 Å². The molecule has 1 fully saturated rings. The van der Waals surface area contributed by atoms with E-state index in [-0.39, 0.29) is 30.9 Å². The minimum Gasteiger partial charge on any atom is -0.361 e. The summed E-state index contributed by atoms with van der Waals surface area (Å²) >= 11 is 0. The number of halogens is 2. The number of aromatic nitrogens is 4. The summed E-state index contributed by atoms with van der Waals surface area (Å²) in [4.78, 5) is 15.0. The molecule has 0 radical (unpaired) electrons. The summed E-state index contributed by atoms with van der Waals surface area (Å²) in [6.45, 7) is 0.994. The highest BCUT2D eigenvalue weighted by Gasteiger charge is 2.25. The van der Waals surface area contributed by atoms with Crippen LogP contribution in [0.5, 0.6) is 0 Å². The molecule has 0 spiro atoms.